The van der Waals surface area contributed by atoms with Crippen molar-refractivity contribution in [2.45, 2.75) is 77.2 Å². The van der Waals surface area contributed by atoms with Crippen LogP contribution in [0.25, 0.3) is 0 Å². The molecule has 1 unspecified atom stereocenters. The molecule has 2 aliphatic rings. The lowest BCUT2D eigenvalue weighted by Crippen LogP contribution is -2.29. The Labute approximate surface area is 138 Å². The molecule has 2 nitrogen and oxygen atoms in total. The van der Waals surface area contributed by atoms with E-state index in [1.54, 1.807) is 0 Å². The van der Waals surface area contributed by atoms with Gasteiger partial charge in [-0.05, 0) is 55.1 Å². The van der Waals surface area contributed by atoms with E-state index < -0.39 is 5.97 Å². The molecule has 3 rings (SSSR count). The number of esters is 1. The summed E-state index contributed by atoms with van der Waals surface area (Å²) >= 11 is 0. The first-order chi connectivity index (χ1) is 11.1. The standard InChI is InChI=1S/C20H27FO2/c1-3-5-13-6-8-14(9-7-13)17-11-10-15-12-16(4-2)23-20(22)18(15)19(17)21/h10-11,13-14,16H,3-9,12H2,1-2H3. The Morgan fingerprint density at radius 2 is 1.91 bits per heavy atom. The Bertz CT molecular complexity index is 573. The number of carbonyl (C=O) groups excluding carboxylic acids is 1. The van der Waals surface area contributed by atoms with E-state index in [2.05, 4.69) is 6.92 Å². The molecule has 0 amide bonds. The van der Waals surface area contributed by atoms with Crippen LogP contribution in [0.15, 0.2) is 12.1 Å². The average molecular weight is 318 g/mol. The molecule has 3 heteroatoms. The van der Waals surface area contributed by atoms with E-state index in [4.69, 9.17) is 4.74 Å². The highest BCUT2D eigenvalue weighted by Gasteiger charge is 2.32. The van der Waals surface area contributed by atoms with E-state index in [-0.39, 0.29) is 23.4 Å². The van der Waals surface area contributed by atoms with E-state index in [1.807, 2.05) is 19.1 Å². The quantitative estimate of drug-likeness (QED) is 0.696. The SMILES string of the molecule is CCCC1CCC(c2ccc3c(c2F)C(=O)OC(CC)C3)CC1. The lowest BCUT2D eigenvalue weighted by atomic mass is 9.76. The summed E-state index contributed by atoms with van der Waals surface area (Å²) in [5.74, 6) is 0.260. The van der Waals surface area contributed by atoms with E-state index in [0.29, 0.717) is 6.42 Å². The molecule has 126 valence electrons. The van der Waals surface area contributed by atoms with Gasteiger partial charge in [0.1, 0.15) is 11.9 Å². The van der Waals surface area contributed by atoms with Gasteiger partial charge in [0.2, 0.25) is 0 Å². The molecule has 1 aromatic rings. The van der Waals surface area contributed by atoms with Gasteiger partial charge in [-0.3, -0.25) is 0 Å². The van der Waals surface area contributed by atoms with Crippen LogP contribution in [0.3, 0.4) is 0 Å². The largest absolute Gasteiger partial charge is 0.458 e. The highest BCUT2D eigenvalue weighted by Crippen LogP contribution is 2.40. The maximum atomic E-state index is 15.0. The van der Waals surface area contributed by atoms with Crippen LogP contribution in [0, 0.1) is 11.7 Å². The lowest BCUT2D eigenvalue weighted by Gasteiger charge is -2.30. The third-order valence-electron chi connectivity index (χ3n) is 5.62. The second-order valence-electron chi connectivity index (χ2n) is 7.15. The molecule has 23 heavy (non-hydrogen) atoms. The van der Waals surface area contributed by atoms with Crippen LogP contribution in [0.4, 0.5) is 4.39 Å². The summed E-state index contributed by atoms with van der Waals surface area (Å²) < 4.78 is 20.3. The van der Waals surface area contributed by atoms with Gasteiger partial charge in [-0.15, -0.1) is 0 Å². The minimum atomic E-state index is -0.475. The van der Waals surface area contributed by atoms with E-state index >= 15 is 0 Å². The van der Waals surface area contributed by atoms with Gasteiger partial charge >= 0.3 is 5.97 Å². The number of hydrogen-bond acceptors (Lipinski definition) is 2. The maximum absolute atomic E-state index is 15.0. The summed E-state index contributed by atoms with van der Waals surface area (Å²) in [6, 6.07) is 3.87. The highest BCUT2D eigenvalue weighted by molar-refractivity contribution is 5.92. The summed E-state index contributed by atoms with van der Waals surface area (Å²) in [5.41, 5.74) is 1.74. The fraction of sp³-hybridized carbons (Fsp3) is 0.650. The fourth-order valence-electron chi connectivity index (χ4n) is 4.23. The van der Waals surface area contributed by atoms with Crippen LogP contribution >= 0.6 is 0 Å². The summed E-state index contributed by atoms with van der Waals surface area (Å²) in [4.78, 5) is 12.2. The topological polar surface area (TPSA) is 26.3 Å². The number of rotatable bonds is 4. The molecule has 1 aliphatic heterocycles. The molecule has 1 heterocycles. The first-order valence-electron chi connectivity index (χ1n) is 9.16. The van der Waals surface area contributed by atoms with Crippen molar-refractivity contribution in [2.75, 3.05) is 0 Å². The number of hydrogen-bond donors (Lipinski definition) is 0. The van der Waals surface area contributed by atoms with Crippen LogP contribution < -0.4 is 0 Å². The first kappa shape index (κ1) is 16.5. The Balaban J connectivity index is 1.80. The number of benzene rings is 1. The van der Waals surface area contributed by atoms with Crippen molar-refractivity contribution in [3.05, 3.63) is 34.6 Å². The molecule has 0 bridgehead atoms. The molecule has 1 saturated carbocycles. The Morgan fingerprint density at radius 1 is 1.17 bits per heavy atom. The number of ether oxygens (including phenoxy) is 1. The first-order valence-corrected chi connectivity index (χ1v) is 9.16. The van der Waals surface area contributed by atoms with E-state index in [9.17, 15) is 9.18 Å². The Morgan fingerprint density at radius 3 is 2.57 bits per heavy atom. The molecular formula is C20H27FO2. The zero-order valence-corrected chi connectivity index (χ0v) is 14.2. The highest BCUT2D eigenvalue weighted by atomic mass is 19.1. The van der Waals surface area contributed by atoms with Crippen molar-refractivity contribution >= 4 is 5.97 Å². The monoisotopic (exact) mass is 318 g/mol. The molecule has 0 saturated heterocycles. The van der Waals surface area contributed by atoms with Crippen LogP contribution in [0.1, 0.15) is 86.2 Å². The van der Waals surface area contributed by atoms with Crippen molar-refractivity contribution < 1.29 is 13.9 Å². The predicted molar refractivity (Wildman–Crippen MR) is 89.2 cm³/mol. The van der Waals surface area contributed by atoms with Crippen molar-refractivity contribution in [1.82, 2.24) is 0 Å². The molecule has 1 aliphatic carbocycles. The third kappa shape index (κ3) is 3.29. The Kier molecular flexibility index (Phi) is 5.03. The Hall–Kier alpha value is -1.38. The maximum Gasteiger partial charge on any atom is 0.341 e. The molecule has 0 N–H and O–H groups in total. The second-order valence-corrected chi connectivity index (χ2v) is 7.15. The molecule has 0 radical (unpaired) electrons. The van der Waals surface area contributed by atoms with Gasteiger partial charge in [0.15, 0.2) is 0 Å². The summed E-state index contributed by atoms with van der Waals surface area (Å²) in [6.45, 7) is 4.22. The van der Waals surface area contributed by atoms with Crippen molar-refractivity contribution in [3.8, 4) is 0 Å². The molecule has 0 aromatic heterocycles. The minimum absolute atomic E-state index is 0.107. The van der Waals surface area contributed by atoms with Gasteiger partial charge in [0.05, 0.1) is 5.56 Å². The predicted octanol–water partition coefficient (Wildman–Crippen LogP) is 5.39. The average Bonchev–Trinajstić information content (AvgIpc) is 2.56. The normalized spacial score (nSPS) is 27.4. The van der Waals surface area contributed by atoms with Crippen molar-refractivity contribution in [3.63, 3.8) is 0 Å². The molecule has 1 fully saturated rings. The third-order valence-corrected chi connectivity index (χ3v) is 5.62. The van der Waals surface area contributed by atoms with E-state index in [1.165, 1.54) is 25.7 Å². The van der Waals surface area contributed by atoms with Gasteiger partial charge in [-0.1, -0.05) is 38.8 Å². The molecule has 1 aromatic carbocycles. The van der Waals surface area contributed by atoms with Gasteiger partial charge in [-0.2, -0.15) is 0 Å². The van der Waals surface area contributed by atoms with Gasteiger partial charge in [0, 0.05) is 6.42 Å². The van der Waals surface area contributed by atoms with Gasteiger partial charge in [0.25, 0.3) is 0 Å². The van der Waals surface area contributed by atoms with Gasteiger partial charge < -0.3 is 4.74 Å². The number of cyclic esters (lactones) is 1. The zero-order valence-electron chi connectivity index (χ0n) is 14.2. The van der Waals surface area contributed by atoms with Crippen LogP contribution in [-0.4, -0.2) is 12.1 Å². The number of halogens is 1. The molecule has 0 spiro atoms. The lowest BCUT2D eigenvalue weighted by molar-refractivity contribution is 0.0242. The smallest absolute Gasteiger partial charge is 0.341 e. The second kappa shape index (κ2) is 7.02. The van der Waals surface area contributed by atoms with Crippen LogP contribution in [-0.2, 0) is 11.2 Å². The summed E-state index contributed by atoms with van der Waals surface area (Å²) in [5, 5.41) is 0. The van der Waals surface area contributed by atoms with E-state index in [0.717, 1.165) is 36.3 Å². The van der Waals surface area contributed by atoms with Crippen molar-refractivity contribution in [2.24, 2.45) is 5.92 Å². The van der Waals surface area contributed by atoms with Gasteiger partial charge in [-0.25, -0.2) is 9.18 Å². The van der Waals surface area contributed by atoms with Crippen LogP contribution in [0.5, 0.6) is 0 Å². The minimum Gasteiger partial charge on any atom is -0.458 e. The molecule has 1 atom stereocenters. The van der Waals surface area contributed by atoms with Crippen molar-refractivity contribution in [1.29, 1.82) is 0 Å². The zero-order chi connectivity index (χ0) is 16.4. The number of fused-ring (bicyclic) bond motifs is 1. The fourth-order valence-corrected chi connectivity index (χ4v) is 4.23. The van der Waals surface area contributed by atoms with Crippen LogP contribution in [0.2, 0.25) is 0 Å². The summed E-state index contributed by atoms with van der Waals surface area (Å²) in [7, 11) is 0. The molecular weight excluding hydrogens is 291 g/mol. The summed E-state index contributed by atoms with van der Waals surface area (Å²) in [6.07, 6.45) is 8.24. The number of carbonyl (C=O) groups is 1.